The molecule has 2 aromatic carbocycles. The highest BCUT2D eigenvalue weighted by Crippen LogP contribution is 2.34. The smallest absolute Gasteiger partial charge is 0.231 e. The summed E-state index contributed by atoms with van der Waals surface area (Å²) in [5.41, 5.74) is 0.821. The summed E-state index contributed by atoms with van der Waals surface area (Å²) in [5, 5.41) is 70.9. The van der Waals surface area contributed by atoms with Gasteiger partial charge in [-0.2, -0.15) is 0 Å². The number of carbonyl (C=O) groups is 1. The maximum absolute atomic E-state index is 12.7. The Morgan fingerprint density at radius 3 is 2.10 bits per heavy atom. The van der Waals surface area contributed by atoms with Crippen molar-refractivity contribution >= 4 is 11.9 Å². The molecule has 216 valence electrons. The third kappa shape index (κ3) is 5.49. The summed E-state index contributed by atoms with van der Waals surface area (Å²) in [7, 11) is 0. The Bertz CT molecular complexity index is 1230. The number of benzene rings is 2. The zero-order valence-electron chi connectivity index (χ0n) is 21.0. The highest BCUT2D eigenvalue weighted by atomic mass is 16.7. The lowest BCUT2D eigenvalue weighted by Crippen LogP contribution is -2.62. The van der Waals surface area contributed by atoms with Crippen LogP contribution in [0.15, 0.2) is 54.3 Å². The van der Waals surface area contributed by atoms with E-state index >= 15 is 0 Å². The molecular formula is C27H30O13. The van der Waals surface area contributed by atoms with Crippen molar-refractivity contribution in [3.8, 4) is 11.5 Å². The Hall–Kier alpha value is -2.95. The molecule has 0 spiro atoms. The minimum Gasteiger partial charge on any atom is -0.461 e. The molecule has 0 aliphatic carbocycles. The van der Waals surface area contributed by atoms with E-state index in [2.05, 4.69) is 0 Å². The Morgan fingerprint density at radius 1 is 0.750 bits per heavy atom. The van der Waals surface area contributed by atoms with Gasteiger partial charge in [-0.1, -0.05) is 30.3 Å². The summed E-state index contributed by atoms with van der Waals surface area (Å²) in [5.74, 6) is 0.332. The number of aliphatic hydroxyl groups excluding tert-OH is 7. The van der Waals surface area contributed by atoms with Gasteiger partial charge in [0.05, 0.1) is 18.8 Å². The molecule has 0 amide bonds. The fraction of sp³-hybridized carbons (Fsp3) is 0.444. The van der Waals surface area contributed by atoms with Gasteiger partial charge in [-0.15, -0.1) is 0 Å². The van der Waals surface area contributed by atoms with Crippen molar-refractivity contribution in [2.75, 3.05) is 13.2 Å². The summed E-state index contributed by atoms with van der Waals surface area (Å²) in [6.45, 7) is -1.16. The maximum Gasteiger partial charge on any atom is 0.231 e. The lowest BCUT2D eigenvalue weighted by molar-refractivity contribution is -0.323. The van der Waals surface area contributed by atoms with Gasteiger partial charge in [0.25, 0.3) is 0 Å². The summed E-state index contributed by atoms with van der Waals surface area (Å²) in [6.07, 6.45) is -14.0. The van der Waals surface area contributed by atoms with E-state index in [9.17, 15) is 40.5 Å². The topological polar surface area (TPSA) is 205 Å². The van der Waals surface area contributed by atoms with Crippen molar-refractivity contribution in [1.82, 2.24) is 0 Å². The van der Waals surface area contributed by atoms with Crippen molar-refractivity contribution in [2.45, 2.75) is 61.4 Å². The minimum atomic E-state index is -1.72. The van der Waals surface area contributed by atoms with E-state index in [4.69, 9.17) is 23.7 Å². The molecule has 3 heterocycles. The van der Waals surface area contributed by atoms with Gasteiger partial charge in [-0.05, 0) is 24.3 Å². The molecule has 2 fully saturated rings. The molecule has 3 aliphatic rings. The first kappa shape index (κ1) is 28.6. The van der Waals surface area contributed by atoms with Crippen LogP contribution in [0.1, 0.15) is 15.9 Å². The number of ether oxygens (including phenoxy) is 5. The molecule has 13 heteroatoms. The normalized spacial score (nSPS) is 36.8. The van der Waals surface area contributed by atoms with E-state index in [0.29, 0.717) is 16.9 Å². The number of aliphatic hydroxyl groups is 7. The van der Waals surface area contributed by atoms with Crippen LogP contribution < -0.4 is 9.47 Å². The van der Waals surface area contributed by atoms with Gasteiger partial charge in [-0.25, -0.2) is 0 Å². The van der Waals surface area contributed by atoms with Crippen molar-refractivity contribution in [3.05, 3.63) is 65.4 Å². The number of fused-ring (bicyclic) bond motifs is 1. The molecule has 2 aromatic rings. The van der Waals surface area contributed by atoms with Gasteiger partial charge in [0, 0.05) is 5.56 Å². The van der Waals surface area contributed by atoms with E-state index in [-0.39, 0.29) is 17.3 Å². The SMILES string of the molecule is O=C1/C(=C/c2ccccc2O[C@@H]2O[C@H](CO[C@@H]3O[C@H](CO)[C@@H](O)[C@H](O)[C@@H]3O)[C@@H](O)[C@H](O)[C@H]2O)Oc2ccccc21. The second-order valence-electron chi connectivity index (χ2n) is 9.64. The van der Waals surface area contributed by atoms with Crippen LogP contribution in [0.3, 0.4) is 0 Å². The van der Waals surface area contributed by atoms with E-state index in [1.54, 1.807) is 48.5 Å². The van der Waals surface area contributed by atoms with Crippen molar-refractivity contribution in [1.29, 1.82) is 0 Å². The first-order chi connectivity index (χ1) is 19.2. The summed E-state index contributed by atoms with van der Waals surface area (Å²) in [4.78, 5) is 12.7. The molecule has 10 atom stereocenters. The van der Waals surface area contributed by atoms with Gasteiger partial charge < -0.3 is 59.4 Å². The highest BCUT2D eigenvalue weighted by molar-refractivity contribution is 6.14. The Labute approximate surface area is 228 Å². The number of rotatable bonds is 7. The number of Topliss-reactive ketones (excluding diaryl/α,β-unsaturated/α-hetero) is 1. The molecule has 0 unspecified atom stereocenters. The second kappa shape index (κ2) is 11.9. The molecule has 13 nitrogen and oxygen atoms in total. The fourth-order valence-corrected chi connectivity index (χ4v) is 4.66. The van der Waals surface area contributed by atoms with Crippen molar-refractivity contribution < 1.29 is 64.2 Å². The molecule has 7 N–H and O–H groups in total. The summed E-state index contributed by atoms with van der Waals surface area (Å²) < 4.78 is 27.9. The van der Waals surface area contributed by atoms with Crippen LogP contribution in [-0.4, -0.2) is 116 Å². The van der Waals surface area contributed by atoms with Crippen LogP contribution in [0.5, 0.6) is 11.5 Å². The molecule has 0 radical (unpaired) electrons. The molecule has 0 aromatic heterocycles. The van der Waals surface area contributed by atoms with Gasteiger partial charge in [0.1, 0.15) is 60.3 Å². The first-order valence-electron chi connectivity index (χ1n) is 12.6. The van der Waals surface area contributed by atoms with Gasteiger partial charge in [-0.3, -0.25) is 4.79 Å². The molecule has 40 heavy (non-hydrogen) atoms. The Morgan fingerprint density at radius 2 is 1.38 bits per heavy atom. The molecular weight excluding hydrogens is 532 g/mol. The van der Waals surface area contributed by atoms with Crippen LogP contribution in [0.2, 0.25) is 0 Å². The quantitative estimate of drug-likeness (QED) is 0.188. The summed E-state index contributed by atoms with van der Waals surface area (Å²) >= 11 is 0. The lowest BCUT2D eigenvalue weighted by Gasteiger charge is -2.42. The van der Waals surface area contributed by atoms with Crippen molar-refractivity contribution in [3.63, 3.8) is 0 Å². The molecule has 0 bridgehead atoms. The van der Waals surface area contributed by atoms with Crippen LogP contribution in [-0.2, 0) is 14.2 Å². The average molecular weight is 563 g/mol. The Kier molecular flexibility index (Phi) is 8.49. The highest BCUT2D eigenvalue weighted by Gasteiger charge is 2.48. The monoisotopic (exact) mass is 562 g/mol. The predicted molar refractivity (Wildman–Crippen MR) is 133 cm³/mol. The lowest BCUT2D eigenvalue weighted by atomic mass is 9.98. The average Bonchev–Trinajstić information content (AvgIpc) is 3.28. The molecule has 5 rings (SSSR count). The van der Waals surface area contributed by atoms with Crippen molar-refractivity contribution in [2.24, 2.45) is 0 Å². The maximum atomic E-state index is 12.7. The number of allylic oxidation sites excluding steroid dienone is 1. The van der Waals surface area contributed by atoms with Gasteiger partial charge in [0.15, 0.2) is 12.0 Å². The van der Waals surface area contributed by atoms with E-state index in [0.717, 1.165) is 0 Å². The van der Waals surface area contributed by atoms with Crippen LogP contribution in [0.25, 0.3) is 6.08 Å². The van der Waals surface area contributed by atoms with Crippen LogP contribution >= 0.6 is 0 Å². The number of carbonyl (C=O) groups excluding carboxylic acids is 1. The Balaban J connectivity index is 1.29. The fourth-order valence-electron chi connectivity index (χ4n) is 4.66. The van der Waals surface area contributed by atoms with Crippen LogP contribution in [0.4, 0.5) is 0 Å². The third-order valence-corrected chi connectivity index (χ3v) is 6.97. The standard InChI is InChI=1S/C27H30O13/c28-10-17-20(30)22(32)24(34)26(39-17)36-11-18-21(31)23(33)25(35)27(40-18)38-14-7-3-1-5-12(14)9-16-19(29)13-6-2-4-8-15(13)37-16/h1-9,17-18,20-28,30-35H,10-11H2/b16-9-/t17-,18-,20-,21-,22+,23+,24+,25-,26-,27-/m1/s1. The predicted octanol–water partition coefficient (Wildman–Crippen LogP) is -1.69. The van der Waals surface area contributed by atoms with E-state index in [1.807, 2.05) is 0 Å². The molecule has 0 saturated carbocycles. The van der Waals surface area contributed by atoms with E-state index in [1.165, 1.54) is 6.08 Å². The number of hydrogen-bond acceptors (Lipinski definition) is 13. The molecule has 3 aliphatic heterocycles. The van der Waals surface area contributed by atoms with Gasteiger partial charge >= 0.3 is 0 Å². The zero-order valence-corrected chi connectivity index (χ0v) is 21.0. The summed E-state index contributed by atoms with van der Waals surface area (Å²) in [6, 6.07) is 13.3. The number of para-hydroxylation sites is 2. The minimum absolute atomic E-state index is 0.0589. The van der Waals surface area contributed by atoms with Crippen LogP contribution in [0, 0.1) is 0 Å². The second-order valence-corrected chi connectivity index (χ2v) is 9.64. The number of ketones is 1. The largest absolute Gasteiger partial charge is 0.461 e. The van der Waals surface area contributed by atoms with Gasteiger partial charge in [0.2, 0.25) is 12.1 Å². The van der Waals surface area contributed by atoms with E-state index < -0.39 is 74.6 Å². The number of hydrogen-bond donors (Lipinski definition) is 7. The molecule has 2 saturated heterocycles. The zero-order chi connectivity index (χ0) is 28.6. The third-order valence-electron chi connectivity index (χ3n) is 6.97. The first-order valence-corrected chi connectivity index (χ1v) is 12.6.